The molecule has 0 heterocycles. The first-order valence-corrected chi connectivity index (χ1v) is 6.26. The standard InChI is InChI=1S/C14H23NO3.ClH/c1-9(2)4-6-11(16)14(15)10-5-7-13(18-3)12(17)8-10;/h5,7-9,11,14,16-17H,4,6,15H2,1-3H3;1H/t11-,14+;/m1./s1. The van der Waals surface area contributed by atoms with Crippen LogP contribution in [0.4, 0.5) is 0 Å². The Bertz CT molecular complexity index is 385. The fourth-order valence-electron chi connectivity index (χ4n) is 1.82. The van der Waals surface area contributed by atoms with Crippen molar-refractivity contribution in [2.24, 2.45) is 11.7 Å². The zero-order chi connectivity index (χ0) is 13.7. The molecule has 0 bridgehead atoms. The van der Waals surface area contributed by atoms with Gasteiger partial charge in [-0.2, -0.15) is 0 Å². The Balaban J connectivity index is 0.00000324. The number of phenols is 1. The maximum atomic E-state index is 10.00. The minimum absolute atomic E-state index is 0. The third-order valence-electron chi connectivity index (χ3n) is 3.04. The van der Waals surface area contributed by atoms with E-state index in [0.29, 0.717) is 23.7 Å². The van der Waals surface area contributed by atoms with Crippen LogP contribution in [0.1, 0.15) is 38.3 Å². The van der Waals surface area contributed by atoms with E-state index in [1.165, 1.54) is 7.11 Å². The lowest BCUT2D eigenvalue weighted by atomic mass is 9.96. The second-order valence-electron chi connectivity index (χ2n) is 5.00. The van der Waals surface area contributed by atoms with Crippen molar-refractivity contribution in [3.05, 3.63) is 23.8 Å². The molecule has 0 aliphatic carbocycles. The number of benzene rings is 1. The van der Waals surface area contributed by atoms with E-state index in [4.69, 9.17) is 10.5 Å². The van der Waals surface area contributed by atoms with Crippen molar-refractivity contribution in [3.8, 4) is 11.5 Å². The van der Waals surface area contributed by atoms with Crippen molar-refractivity contribution < 1.29 is 14.9 Å². The molecule has 0 aliphatic heterocycles. The predicted octanol–water partition coefficient (Wildman–Crippen LogP) is 2.62. The molecular weight excluding hydrogens is 266 g/mol. The number of phenolic OH excluding ortho intramolecular Hbond substituents is 1. The van der Waals surface area contributed by atoms with Crippen molar-refractivity contribution in [2.45, 2.75) is 38.8 Å². The van der Waals surface area contributed by atoms with Gasteiger partial charge in [0.2, 0.25) is 0 Å². The van der Waals surface area contributed by atoms with Gasteiger partial charge in [0.1, 0.15) is 0 Å². The molecule has 0 amide bonds. The lowest BCUT2D eigenvalue weighted by Crippen LogP contribution is -2.26. The summed E-state index contributed by atoms with van der Waals surface area (Å²) in [7, 11) is 1.49. The fourth-order valence-corrected chi connectivity index (χ4v) is 1.82. The Labute approximate surface area is 121 Å². The number of ether oxygens (including phenoxy) is 1. The molecule has 5 heteroatoms. The Morgan fingerprint density at radius 2 is 1.89 bits per heavy atom. The van der Waals surface area contributed by atoms with E-state index in [0.717, 1.165) is 6.42 Å². The van der Waals surface area contributed by atoms with Crippen LogP contribution in [-0.4, -0.2) is 23.4 Å². The summed E-state index contributed by atoms with van der Waals surface area (Å²) >= 11 is 0. The molecule has 1 rings (SSSR count). The first-order valence-electron chi connectivity index (χ1n) is 6.26. The molecule has 0 saturated carbocycles. The van der Waals surface area contributed by atoms with Crippen LogP contribution in [0.5, 0.6) is 11.5 Å². The quantitative estimate of drug-likeness (QED) is 0.752. The van der Waals surface area contributed by atoms with E-state index in [-0.39, 0.29) is 18.2 Å². The van der Waals surface area contributed by atoms with Gasteiger partial charge in [-0.05, 0) is 36.5 Å². The second-order valence-corrected chi connectivity index (χ2v) is 5.00. The molecule has 110 valence electrons. The van der Waals surface area contributed by atoms with Gasteiger partial charge >= 0.3 is 0 Å². The molecule has 4 N–H and O–H groups in total. The first-order chi connectivity index (χ1) is 8.45. The van der Waals surface area contributed by atoms with Crippen molar-refractivity contribution in [3.63, 3.8) is 0 Å². The normalized spacial score (nSPS) is 13.8. The smallest absolute Gasteiger partial charge is 0.160 e. The van der Waals surface area contributed by atoms with E-state index < -0.39 is 12.1 Å². The Morgan fingerprint density at radius 1 is 1.26 bits per heavy atom. The number of aliphatic hydroxyl groups excluding tert-OH is 1. The molecule has 0 radical (unpaired) electrons. The molecular formula is C14H24ClNO3. The summed E-state index contributed by atoms with van der Waals surface area (Å²) < 4.78 is 4.97. The van der Waals surface area contributed by atoms with Crippen LogP contribution in [0.15, 0.2) is 18.2 Å². The maximum absolute atomic E-state index is 10.00. The van der Waals surface area contributed by atoms with Gasteiger partial charge in [0.05, 0.1) is 19.3 Å². The summed E-state index contributed by atoms with van der Waals surface area (Å²) in [5.41, 5.74) is 6.70. The van der Waals surface area contributed by atoms with Crippen LogP contribution in [-0.2, 0) is 0 Å². The number of hydrogen-bond acceptors (Lipinski definition) is 4. The molecule has 0 aliphatic rings. The minimum Gasteiger partial charge on any atom is -0.504 e. The number of halogens is 1. The van der Waals surface area contributed by atoms with E-state index in [9.17, 15) is 10.2 Å². The van der Waals surface area contributed by atoms with Crippen molar-refractivity contribution in [2.75, 3.05) is 7.11 Å². The number of hydrogen-bond donors (Lipinski definition) is 3. The van der Waals surface area contributed by atoms with Crippen LogP contribution in [0.2, 0.25) is 0 Å². The lowest BCUT2D eigenvalue weighted by molar-refractivity contribution is 0.128. The number of aromatic hydroxyl groups is 1. The van der Waals surface area contributed by atoms with Crippen molar-refractivity contribution >= 4 is 12.4 Å². The summed E-state index contributed by atoms with van der Waals surface area (Å²) in [5.74, 6) is 0.986. The van der Waals surface area contributed by atoms with Crippen LogP contribution in [0.25, 0.3) is 0 Å². The summed E-state index contributed by atoms with van der Waals surface area (Å²) in [5, 5.41) is 19.7. The molecule has 19 heavy (non-hydrogen) atoms. The highest BCUT2D eigenvalue weighted by molar-refractivity contribution is 5.85. The highest BCUT2D eigenvalue weighted by Crippen LogP contribution is 2.29. The van der Waals surface area contributed by atoms with E-state index in [1.807, 2.05) is 0 Å². The average molecular weight is 290 g/mol. The van der Waals surface area contributed by atoms with Crippen LogP contribution in [0.3, 0.4) is 0 Å². The van der Waals surface area contributed by atoms with Crippen LogP contribution >= 0.6 is 12.4 Å². The van der Waals surface area contributed by atoms with Gasteiger partial charge < -0.3 is 20.7 Å². The summed E-state index contributed by atoms with van der Waals surface area (Å²) in [4.78, 5) is 0. The first kappa shape index (κ1) is 18.0. The SMILES string of the molecule is COc1ccc([C@H](N)[C@H](O)CCC(C)C)cc1O.Cl. The van der Waals surface area contributed by atoms with E-state index in [1.54, 1.807) is 18.2 Å². The zero-order valence-corrected chi connectivity index (χ0v) is 12.5. The van der Waals surface area contributed by atoms with E-state index in [2.05, 4.69) is 13.8 Å². The highest BCUT2D eigenvalue weighted by Gasteiger charge is 2.18. The van der Waals surface area contributed by atoms with E-state index >= 15 is 0 Å². The number of aliphatic hydroxyl groups is 1. The molecule has 0 fully saturated rings. The van der Waals surface area contributed by atoms with Gasteiger partial charge in [0, 0.05) is 0 Å². The van der Waals surface area contributed by atoms with Gasteiger partial charge in [-0.15, -0.1) is 12.4 Å². The minimum atomic E-state index is -0.597. The summed E-state index contributed by atoms with van der Waals surface area (Å²) in [6.07, 6.45) is 0.989. The molecule has 4 nitrogen and oxygen atoms in total. The molecule has 1 aromatic rings. The van der Waals surface area contributed by atoms with Gasteiger partial charge in [0.25, 0.3) is 0 Å². The number of rotatable bonds is 6. The Kier molecular flexibility index (Phi) is 7.83. The highest BCUT2D eigenvalue weighted by atomic mass is 35.5. The zero-order valence-electron chi connectivity index (χ0n) is 11.7. The Hall–Kier alpha value is -0.970. The number of methoxy groups -OCH3 is 1. The van der Waals surface area contributed by atoms with Crippen LogP contribution < -0.4 is 10.5 Å². The summed E-state index contributed by atoms with van der Waals surface area (Å²) in [6.45, 7) is 4.22. The fraction of sp³-hybridized carbons (Fsp3) is 0.571. The number of nitrogens with two attached hydrogens (primary N) is 1. The molecule has 0 unspecified atom stereocenters. The third kappa shape index (κ3) is 5.27. The molecule has 0 spiro atoms. The molecule has 1 aromatic carbocycles. The lowest BCUT2D eigenvalue weighted by Gasteiger charge is -2.20. The van der Waals surface area contributed by atoms with Gasteiger partial charge in [-0.3, -0.25) is 0 Å². The maximum Gasteiger partial charge on any atom is 0.160 e. The summed E-state index contributed by atoms with van der Waals surface area (Å²) in [6, 6.07) is 4.48. The van der Waals surface area contributed by atoms with Gasteiger partial charge in [0.15, 0.2) is 11.5 Å². The third-order valence-corrected chi connectivity index (χ3v) is 3.04. The van der Waals surface area contributed by atoms with Crippen molar-refractivity contribution in [1.82, 2.24) is 0 Å². The Morgan fingerprint density at radius 3 is 2.37 bits per heavy atom. The second kappa shape index (κ2) is 8.25. The largest absolute Gasteiger partial charge is 0.504 e. The molecule has 2 atom stereocenters. The van der Waals surface area contributed by atoms with Gasteiger partial charge in [-0.1, -0.05) is 19.9 Å². The van der Waals surface area contributed by atoms with Crippen LogP contribution in [0, 0.1) is 5.92 Å². The molecule has 0 aromatic heterocycles. The monoisotopic (exact) mass is 289 g/mol. The molecule has 0 saturated heterocycles. The topological polar surface area (TPSA) is 75.7 Å². The van der Waals surface area contributed by atoms with Crippen molar-refractivity contribution in [1.29, 1.82) is 0 Å². The predicted molar refractivity (Wildman–Crippen MR) is 78.9 cm³/mol. The average Bonchev–Trinajstić information content (AvgIpc) is 2.34. The van der Waals surface area contributed by atoms with Gasteiger partial charge in [-0.25, -0.2) is 0 Å².